The highest BCUT2D eigenvalue weighted by Gasteiger charge is 2.01. The lowest BCUT2D eigenvalue weighted by atomic mass is 10.1. The molecule has 0 fully saturated rings. The highest BCUT2D eigenvalue weighted by Crippen LogP contribution is 2.13. The number of nitrogens with zero attached hydrogens (tertiary/aromatic N) is 2. The van der Waals surface area contributed by atoms with Crippen LogP contribution in [-0.2, 0) is 13.5 Å². The van der Waals surface area contributed by atoms with Gasteiger partial charge in [0.15, 0.2) is 0 Å². The zero-order valence-electron chi connectivity index (χ0n) is 8.01. The zero-order valence-corrected chi connectivity index (χ0v) is 8.01. The smallest absolute Gasteiger partial charge is 0.115 e. The maximum atomic E-state index is 9.28. The average molecular weight is 188 g/mol. The van der Waals surface area contributed by atoms with Gasteiger partial charge in [-0.2, -0.15) is 0 Å². The van der Waals surface area contributed by atoms with Crippen LogP contribution < -0.4 is 0 Å². The molecular weight excluding hydrogens is 176 g/mol. The monoisotopic (exact) mass is 188 g/mol. The highest BCUT2D eigenvalue weighted by molar-refractivity contribution is 5.29. The van der Waals surface area contributed by atoms with Gasteiger partial charge < -0.3 is 9.67 Å². The van der Waals surface area contributed by atoms with Gasteiger partial charge >= 0.3 is 0 Å². The van der Waals surface area contributed by atoms with Crippen molar-refractivity contribution in [3.63, 3.8) is 0 Å². The number of aromatic hydroxyl groups is 1. The quantitative estimate of drug-likeness (QED) is 0.779. The zero-order chi connectivity index (χ0) is 9.97. The number of hydrogen-bond acceptors (Lipinski definition) is 2. The summed E-state index contributed by atoms with van der Waals surface area (Å²) in [5.41, 5.74) is 1.07. The summed E-state index contributed by atoms with van der Waals surface area (Å²) in [5, 5.41) is 9.28. The van der Waals surface area contributed by atoms with E-state index in [2.05, 4.69) is 4.98 Å². The van der Waals surface area contributed by atoms with Gasteiger partial charge in [-0.3, -0.25) is 0 Å². The minimum Gasteiger partial charge on any atom is -0.508 e. The molecule has 1 N–H and O–H groups in total. The fourth-order valence-electron chi connectivity index (χ4n) is 1.42. The van der Waals surface area contributed by atoms with Crippen molar-refractivity contribution in [1.29, 1.82) is 0 Å². The van der Waals surface area contributed by atoms with Crippen LogP contribution in [0.25, 0.3) is 0 Å². The van der Waals surface area contributed by atoms with E-state index in [1.54, 1.807) is 18.3 Å². The number of aromatic nitrogens is 2. The third kappa shape index (κ3) is 1.76. The minimum absolute atomic E-state index is 0.303. The fourth-order valence-corrected chi connectivity index (χ4v) is 1.42. The van der Waals surface area contributed by atoms with Gasteiger partial charge in [0.05, 0.1) is 0 Å². The van der Waals surface area contributed by atoms with Crippen LogP contribution in [0, 0.1) is 0 Å². The Labute approximate surface area is 82.7 Å². The number of rotatable bonds is 2. The third-order valence-corrected chi connectivity index (χ3v) is 2.19. The summed E-state index contributed by atoms with van der Waals surface area (Å²) < 4.78 is 1.98. The van der Waals surface area contributed by atoms with Crippen LogP contribution in [0.4, 0.5) is 0 Å². The van der Waals surface area contributed by atoms with Crippen molar-refractivity contribution in [2.75, 3.05) is 0 Å². The first kappa shape index (κ1) is 8.81. The van der Waals surface area contributed by atoms with Crippen LogP contribution in [0.3, 0.4) is 0 Å². The molecule has 2 rings (SSSR count). The first-order chi connectivity index (χ1) is 6.75. The van der Waals surface area contributed by atoms with Gasteiger partial charge in [0.2, 0.25) is 0 Å². The molecule has 3 nitrogen and oxygen atoms in total. The molecule has 1 aromatic heterocycles. The Balaban J connectivity index is 2.23. The summed E-state index contributed by atoms with van der Waals surface area (Å²) in [6.45, 7) is 0. The van der Waals surface area contributed by atoms with Gasteiger partial charge in [0.1, 0.15) is 11.6 Å². The second-order valence-corrected chi connectivity index (χ2v) is 3.30. The largest absolute Gasteiger partial charge is 0.508 e. The molecule has 0 aliphatic rings. The summed E-state index contributed by atoms with van der Waals surface area (Å²) in [6, 6.07) is 7.25. The molecule has 3 heteroatoms. The maximum absolute atomic E-state index is 9.28. The van der Waals surface area contributed by atoms with Crippen LogP contribution >= 0.6 is 0 Å². The summed E-state index contributed by atoms with van der Waals surface area (Å²) in [4.78, 5) is 4.22. The van der Waals surface area contributed by atoms with Crippen LogP contribution in [0.1, 0.15) is 11.4 Å². The molecule has 0 saturated heterocycles. The van der Waals surface area contributed by atoms with Crippen LogP contribution in [0.5, 0.6) is 5.75 Å². The molecule has 0 aliphatic carbocycles. The molecule has 0 atom stereocenters. The molecule has 1 aromatic carbocycles. The molecule has 0 spiro atoms. The van der Waals surface area contributed by atoms with Gasteiger partial charge in [-0.05, 0) is 17.7 Å². The number of phenolic OH excluding ortho intramolecular Hbond substituents is 1. The summed E-state index contributed by atoms with van der Waals surface area (Å²) >= 11 is 0. The molecule has 0 amide bonds. The fraction of sp³-hybridized carbons (Fsp3) is 0.182. The third-order valence-electron chi connectivity index (χ3n) is 2.19. The molecule has 0 unspecified atom stereocenters. The molecule has 0 saturated carbocycles. The standard InChI is InChI=1S/C11H12N2O/c1-13-6-5-12-11(13)8-9-3-2-4-10(14)7-9/h2-7,14H,8H2,1H3. The van der Waals surface area contributed by atoms with Crippen LogP contribution in [0.2, 0.25) is 0 Å². The van der Waals surface area contributed by atoms with Crippen molar-refractivity contribution in [2.24, 2.45) is 7.05 Å². The maximum Gasteiger partial charge on any atom is 0.115 e. The van der Waals surface area contributed by atoms with E-state index in [-0.39, 0.29) is 0 Å². The van der Waals surface area contributed by atoms with Gasteiger partial charge in [-0.1, -0.05) is 12.1 Å². The minimum atomic E-state index is 0.303. The highest BCUT2D eigenvalue weighted by atomic mass is 16.3. The molecule has 72 valence electrons. The molecule has 1 heterocycles. The van der Waals surface area contributed by atoms with Crippen molar-refractivity contribution in [1.82, 2.24) is 9.55 Å². The van der Waals surface area contributed by atoms with Crippen LogP contribution in [0.15, 0.2) is 36.7 Å². The summed E-state index contributed by atoms with van der Waals surface area (Å²) in [5.74, 6) is 1.30. The Hall–Kier alpha value is -1.77. The topological polar surface area (TPSA) is 38.0 Å². The Bertz CT molecular complexity index is 434. The number of benzene rings is 1. The van der Waals surface area contributed by atoms with E-state index in [0.29, 0.717) is 5.75 Å². The summed E-state index contributed by atoms with van der Waals surface area (Å²) in [6.07, 6.45) is 4.44. The average Bonchev–Trinajstić information content (AvgIpc) is 2.52. The molecule has 0 aliphatic heterocycles. The van der Waals surface area contributed by atoms with Crippen molar-refractivity contribution in [3.8, 4) is 5.75 Å². The van der Waals surface area contributed by atoms with E-state index in [9.17, 15) is 5.11 Å². The molecule has 2 aromatic rings. The second kappa shape index (κ2) is 3.54. The Morgan fingerprint density at radius 2 is 2.29 bits per heavy atom. The van der Waals surface area contributed by atoms with E-state index in [4.69, 9.17) is 0 Å². The predicted molar refractivity (Wildman–Crippen MR) is 54.1 cm³/mol. The van der Waals surface area contributed by atoms with Gasteiger partial charge in [0, 0.05) is 25.9 Å². The van der Waals surface area contributed by atoms with Crippen molar-refractivity contribution in [3.05, 3.63) is 48.0 Å². The number of phenols is 1. The van der Waals surface area contributed by atoms with Crippen molar-refractivity contribution in [2.45, 2.75) is 6.42 Å². The second-order valence-electron chi connectivity index (χ2n) is 3.30. The van der Waals surface area contributed by atoms with E-state index in [1.807, 2.05) is 29.9 Å². The van der Waals surface area contributed by atoms with E-state index in [0.717, 1.165) is 17.8 Å². The normalized spacial score (nSPS) is 10.4. The molecule has 14 heavy (non-hydrogen) atoms. The van der Waals surface area contributed by atoms with E-state index >= 15 is 0 Å². The van der Waals surface area contributed by atoms with E-state index in [1.165, 1.54) is 0 Å². The summed E-state index contributed by atoms with van der Waals surface area (Å²) in [7, 11) is 1.96. The number of imidazole rings is 1. The Morgan fingerprint density at radius 3 is 2.93 bits per heavy atom. The lowest BCUT2D eigenvalue weighted by Crippen LogP contribution is -1.97. The molecule has 0 radical (unpaired) electrons. The van der Waals surface area contributed by atoms with Crippen LogP contribution in [-0.4, -0.2) is 14.7 Å². The first-order valence-electron chi connectivity index (χ1n) is 4.50. The van der Waals surface area contributed by atoms with Crippen molar-refractivity contribution >= 4 is 0 Å². The van der Waals surface area contributed by atoms with E-state index < -0.39 is 0 Å². The Kier molecular flexibility index (Phi) is 2.23. The Morgan fingerprint density at radius 1 is 1.43 bits per heavy atom. The number of aryl methyl sites for hydroxylation is 1. The van der Waals surface area contributed by atoms with Gasteiger partial charge in [-0.15, -0.1) is 0 Å². The lowest BCUT2D eigenvalue weighted by Gasteiger charge is -2.02. The predicted octanol–water partition coefficient (Wildman–Crippen LogP) is 1.72. The molecule has 0 bridgehead atoms. The van der Waals surface area contributed by atoms with Gasteiger partial charge in [-0.25, -0.2) is 4.98 Å². The lowest BCUT2D eigenvalue weighted by molar-refractivity contribution is 0.474. The SMILES string of the molecule is Cn1ccnc1Cc1cccc(O)c1. The number of hydrogen-bond donors (Lipinski definition) is 1. The first-order valence-corrected chi connectivity index (χ1v) is 4.50. The van der Waals surface area contributed by atoms with Crippen molar-refractivity contribution < 1.29 is 5.11 Å². The molecular formula is C11H12N2O. The van der Waals surface area contributed by atoms with Gasteiger partial charge in [0.25, 0.3) is 0 Å².